The van der Waals surface area contributed by atoms with E-state index in [-0.39, 0.29) is 11.4 Å². The molecule has 4 heteroatoms. The molecule has 0 bridgehead atoms. The minimum atomic E-state index is -0.446. The first-order valence-corrected chi connectivity index (χ1v) is 7.70. The number of hydrogen-bond acceptors (Lipinski definition) is 3. The number of carbonyl (C=O) groups is 2. The number of para-hydroxylation sites is 2. The second-order valence-corrected chi connectivity index (χ2v) is 5.32. The number of nitrogens with zero attached hydrogens (tertiary/aromatic N) is 2. The number of benzene rings is 2. The van der Waals surface area contributed by atoms with Crippen molar-refractivity contribution in [1.82, 2.24) is 0 Å². The fourth-order valence-electron chi connectivity index (χ4n) is 2.51. The molecule has 120 valence electrons. The van der Waals surface area contributed by atoms with Crippen LogP contribution in [0.3, 0.4) is 0 Å². The Kier molecular flexibility index (Phi) is 4.68. The van der Waals surface area contributed by atoms with Crippen LogP contribution in [-0.4, -0.2) is 11.7 Å². The van der Waals surface area contributed by atoms with Crippen LogP contribution < -0.4 is 4.90 Å². The molecule has 0 aliphatic heterocycles. The second-order valence-electron chi connectivity index (χ2n) is 5.32. The molecule has 0 aromatic heterocycles. The summed E-state index contributed by atoms with van der Waals surface area (Å²) in [5.41, 5.74) is 1.72. The second kappa shape index (κ2) is 7.24. The average molecular weight is 326 g/mol. The number of rotatable bonds is 3. The summed E-state index contributed by atoms with van der Waals surface area (Å²) in [4.78, 5) is 25.9. The molecular formula is C21H14N2O2. The third kappa shape index (κ3) is 3.46. The van der Waals surface area contributed by atoms with Crippen LogP contribution in [0.2, 0.25) is 0 Å². The predicted molar refractivity (Wildman–Crippen MR) is 96.0 cm³/mol. The van der Waals surface area contributed by atoms with Crippen molar-refractivity contribution in [3.8, 4) is 6.07 Å². The third-order valence-electron chi connectivity index (χ3n) is 3.70. The molecule has 0 atom stereocenters. The lowest BCUT2D eigenvalue weighted by Gasteiger charge is -2.23. The molecule has 0 saturated carbocycles. The maximum absolute atomic E-state index is 13.1. The van der Waals surface area contributed by atoms with Crippen LogP contribution in [0, 0.1) is 11.3 Å². The average Bonchev–Trinajstić information content (AvgIpc) is 2.66. The van der Waals surface area contributed by atoms with Crippen LogP contribution >= 0.6 is 0 Å². The first-order valence-electron chi connectivity index (χ1n) is 7.70. The van der Waals surface area contributed by atoms with E-state index in [1.807, 2.05) is 42.5 Å². The molecule has 0 radical (unpaired) electrons. The Balaban J connectivity index is 2.11. The van der Waals surface area contributed by atoms with Gasteiger partial charge in [0, 0.05) is 11.4 Å². The van der Waals surface area contributed by atoms with Gasteiger partial charge >= 0.3 is 0 Å². The molecule has 3 rings (SSSR count). The fourth-order valence-corrected chi connectivity index (χ4v) is 2.51. The van der Waals surface area contributed by atoms with Crippen molar-refractivity contribution in [1.29, 1.82) is 5.26 Å². The zero-order valence-electron chi connectivity index (χ0n) is 13.3. The molecule has 0 saturated heterocycles. The predicted octanol–water partition coefficient (Wildman–Crippen LogP) is 3.87. The van der Waals surface area contributed by atoms with Crippen molar-refractivity contribution < 1.29 is 9.59 Å². The molecule has 0 heterocycles. The van der Waals surface area contributed by atoms with Crippen LogP contribution in [0.5, 0.6) is 0 Å². The van der Waals surface area contributed by atoms with E-state index in [1.54, 1.807) is 24.3 Å². The highest BCUT2D eigenvalue weighted by atomic mass is 16.2. The lowest BCUT2D eigenvalue weighted by molar-refractivity contribution is -0.114. The normalized spacial score (nSPS) is 12.6. The highest BCUT2D eigenvalue weighted by Crippen LogP contribution is 2.28. The van der Waals surface area contributed by atoms with Crippen LogP contribution in [-0.2, 0) is 9.59 Å². The van der Waals surface area contributed by atoms with Gasteiger partial charge in [0.15, 0.2) is 5.78 Å². The van der Waals surface area contributed by atoms with Crippen LogP contribution in [0.15, 0.2) is 96.1 Å². The third-order valence-corrected chi connectivity index (χ3v) is 3.70. The summed E-state index contributed by atoms with van der Waals surface area (Å²) < 4.78 is 0. The number of allylic oxidation sites excluding steroid dienone is 5. The van der Waals surface area contributed by atoms with E-state index in [0.29, 0.717) is 16.9 Å². The topological polar surface area (TPSA) is 61.2 Å². The molecular weight excluding hydrogens is 312 g/mol. The van der Waals surface area contributed by atoms with Crippen LogP contribution in [0.25, 0.3) is 0 Å². The van der Waals surface area contributed by atoms with Gasteiger partial charge in [-0.05, 0) is 54.1 Å². The molecule has 1 amide bonds. The van der Waals surface area contributed by atoms with Gasteiger partial charge in [-0.15, -0.1) is 0 Å². The lowest BCUT2D eigenvalue weighted by atomic mass is 10.0. The molecule has 1 aliphatic rings. The summed E-state index contributed by atoms with van der Waals surface area (Å²) in [5.74, 6) is -0.616. The van der Waals surface area contributed by atoms with Crippen molar-refractivity contribution in [2.45, 2.75) is 0 Å². The van der Waals surface area contributed by atoms with Crippen LogP contribution in [0.1, 0.15) is 0 Å². The van der Waals surface area contributed by atoms with Gasteiger partial charge < -0.3 is 0 Å². The fraction of sp³-hybridized carbons (Fsp3) is 0. The Bertz CT molecular complexity index is 875. The molecule has 4 nitrogen and oxygen atoms in total. The van der Waals surface area contributed by atoms with Gasteiger partial charge in [-0.1, -0.05) is 36.4 Å². The monoisotopic (exact) mass is 326 g/mol. The summed E-state index contributed by atoms with van der Waals surface area (Å²) >= 11 is 0. The van der Waals surface area contributed by atoms with Crippen molar-refractivity contribution in [2.24, 2.45) is 0 Å². The number of nitriles is 1. The highest BCUT2D eigenvalue weighted by molar-refractivity contribution is 6.14. The molecule has 0 fully saturated rings. The number of anilines is 2. The molecule has 0 N–H and O–H groups in total. The molecule has 0 unspecified atom stereocenters. The summed E-state index contributed by atoms with van der Waals surface area (Å²) in [6.07, 6.45) is 5.67. The SMILES string of the molecule is N#CC(C(=O)N(c1ccccc1)c1ccccc1)=C1C=CC(=O)C=C1. The van der Waals surface area contributed by atoms with Gasteiger partial charge in [-0.3, -0.25) is 14.5 Å². The Hall–Kier alpha value is -3.71. The maximum Gasteiger partial charge on any atom is 0.274 e. The Morgan fingerprint density at radius 2 is 1.28 bits per heavy atom. The first kappa shape index (κ1) is 16.2. The standard InChI is InChI=1S/C21H14N2O2/c22-15-20(16-11-13-19(24)14-12-16)21(25)23(17-7-3-1-4-8-17)18-9-5-2-6-10-18/h1-14H. The number of hydrogen-bond donors (Lipinski definition) is 0. The van der Waals surface area contributed by atoms with Crippen molar-refractivity contribution >= 4 is 23.1 Å². The summed E-state index contributed by atoms with van der Waals surface area (Å²) in [6.45, 7) is 0. The van der Waals surface area contributed by atoms with Gasteiger partial charge in [-0.2, -0.15) is 5.26 Å². The van der Waals surface area contributed by atoms with Crippen molar-refractivity contribution in [2.75, 3.05) is 4.90 Å². The maximum atomic E-state index is 13.1. The van der Waals surface area contributed by atoms with Gasteiger partial charge in [0.2, 0.25) is 0 Å². The van der Waals surface area contributed by atoms with E-state index in [0.717, 1.165) is 0 Å². The lowest BCUT2D eigenvalue weighted by Crippen LogP contribution is -2.27. The zero-order chi connectivity index (χ0) is 17.6. The number of ketones is 1. The van der Waals surface area contributed by atoms with Crippen molar-refractivity contribution in [3.63, 3.8) is 0 Å². The van der Waals surface area contributed by atoms with E-state index in [1.165, 1.54) is 29.2 Å². The molecule has 25 heavy (non-hydrogen) atoms. The largest absolute Gasteiger partial charge is 0.290 e. The minimum absolute atomic E-state index is 0.0206. The van der Waals surface area contributed by atoms with Gasteiger partial charge in [0.25, 0.3) is 5.91 Å². The molecule has 2 aromatic carbocycles. The van der Waals surface area contributed by atoms with E-state index in [4.69, 9.17) is 0 Å². The van der Waals surface area contributed by atoms with Crippen LogP contribution in [0.4, 0.5) is 11.4 Å². The van der Waals surface area contributed by atoms with Gasteiger partial charge in [-0.25, -0.2) is 0 Å². The van der Waals surface area contributed by atoms with E-state index < -0.39 is 5.91 Å². The zero-order valence-corrected chi connectivity index (χ0v) is 13.3. The van der Waals surface area contributed by atoms with E-state index in [2.05, 4.69) is 0 Å². The molecule has 2 aromatic rings. The van der Waals surface area contributed by atoms with E-state index in [9.17, 15) is 14.9 Å². The summed E-state index contributed by atoms with van der Waals surface area (Å²) in [7, 11) is 0. The Morgan fingerprint density at radius 1 is 0.800 bits per heavy atom. The smallest absolute Gasteiger partial charge is 0.274 e. The van der Waals surface area contributed by atoms with Gasteiger partial charge in [0.05, 0.1) is 0 Å². The Labute approximate surface area is 145 Å². The number of carbonyl (C=O) groups excluding carboxylic acids is 2. The Morgan fingerprint density at radius 3 is 1.72 bits per heavy atom. The quantitative estimate of drug-likeness (QED) is 0.635. The minimum Gasteiger partial charge on any atom is -0.290 e. The molecule has 1 aliphatic carbocycles. The molecule has 0 spiro atoms. The van der Waals surface area contributed by atoms with Crippen molar-refractivity contribution in [3.05, 3.63) is 96.1 Å². The van der Waals surface area contributed by atoms with Gasteiger partial charge in [0.1, 0.15) is 11.6 Å². The summed E-state index contributed by atoms with van der Waals surface area (Å²) in [6, 6.07) is 20.2. The summed E-state index contributed by atoms with van der Waals surface area (Å²) in [5, 5.41) is 9.55. The van der Waals surface area contributed by atoms with E-state index >= 15 is 0 Å². The first-order chi connectivity index (χ1) is 12.2. The number of amides is 1. The highest BCUT2D eigenvalue weighted by Gasteiger charge is 2.24.